The van der Waals surface area contributed by atoms with Gasteiger partial charge in [0.2, 0.25) is 5.75 Å². The number of hydrogen-bond donors (Lipinski definition) is 1. The standard InChI is InChI=1S/C21H22N2O5S/c1-25-15-9-13(10-16(26-2)19(15)27-3)12-22-23-21(24)20(28-4)18-11-14-7-5-6-8-17(14)29-18/h5-12,20H,1-4H3,(H,23,24)/b22-12+. The van der Waals surface area contributed by atoms with E-state index in [4.69, 9.17) is 18.9 Å². The van der Waals surface area contributed by atoms with Crippen LogP contribution in [0.1, 0.15) is 16.5 Å². The van der Waals surface area contributed by atoms with Crippen molar-refractivity contribution in [3.05, 3.63) is 52.9 Å². The van der Waals surface area contributed by atoms with Gasteiger partial charge in [-0.3, -0.25) is 4.79 Å². The first-order valence-electron chi connectivity index (χ1n) is 8.75. The Hall–Kier alpha value is -3.10. The molecule has 1 heterocycles. The van der Waals surface area contributed by atoms with Gasteiger partial charge in [-0.2, -0.15) is 5.10 Å². The van der Waals surface area contributed by atoms with E-state index in [1.165, 1.54) is 46.0 Å². The Morgan fingerprint density at radius 1 is 1.03 bits per heavy atom. The van der Waals surface area contributed by atoms with Crippen LogP contribution < -0.4 is 19.6 Å². The van der Waals surface area contributed by atoms with Gasteiger partial charge in [-0.1, -0.05) is 18.2 Å². The summed E-state index contributed by atoms with van der Waals surface area (Å²) in [5, 5.41) is 5.12. The van der Waals surface area contributed by atoms with E-state index in [0.29, 0.717) is 22.8 Å². The van der Waals surface area contributed by atoms with E-state index in [9.17, 15) is 4.79 Å². The van der Waals surface area contributed by atoms with Gasteiger partial charge in [-0.25, -0.2) is 5.43 Å². The summed E-state index contributed by atoms with van der Waals surface area (Å²) in [6.07, 6.45) is 0.754. The lowest BCUT2D eigenvalue weighted by Crippen LogP contribution is -2.26. The zero-order chi connectivity index (χ0) is 20.8. The molecule has 0 saturated carbocycles. The van der Waals surface area contributed by atoms with E-state index in [0.717, 1.165) is 15.0 Å². The Balaban J connectivity index is 1.75. The maximum Gasteiger partial charge on any atom is 0.274 e. The fourth-order valence-electron chi connectivity index (χ4n) is 2.89. The summed E-state index contributed by atoms with van der Waals surface area (Å²) in [5.74, 6) is 1.13. The van der Waals surface area contributed by atoms with Gasteiger partial charge in [0, 0.05) is 22.3 Å². The van der Waals surface area contributed by atoms with Crippen molar-refractivity contribution in [3.8, 4) is 17.2 Å². The van der Waals surface area contributed by atoms with Crippen molar-refractivity contribution in [2.24, 2.45) is 5.10 Å². The number of thiophene rings is 1. The average Bonchev–Trinajstić information content (AvgIpc) is 3.17. The van der Waals surface area contributed by atoms with Crippen LogP contribution in [0.5, 0.6) is 17.2 Å². The van der Waals surface area contributed by atoms with Crippen molar-refractivity contribution < 1.29 is 23.7 Å². The summed E-state index contributed by atoms with van der Waals surface area (Å²) in [4.78, 5) is 13.4. The smallest absolute Gasteiger partial charge is 0.274 e. The third-order valence-corrected chi connectivity index (χ3v) is 5.41. The summed E-state index contributed by atoms with van der Waals surface area (Å²) in [7, 11) is 6.10. The normalized spacial score (nSPS) is 12.1. The van der Waals surface area contributed by atoms with Crippen molar-refractivity contribution in [1.82, 2.24) is 5.43 Å². The van der Waals surface area contributed by atoms with E-state index >= 15 is 0 Å². The first-order valence-corrected chi connectivity index (χ1v) is 9.57. The van der Waals surface area contributed by atoms with Crippen LogP contribution in [-0.2, 0) is 9.53 Å². The van der Waals surface area contributed by atoms with E-state index in [1.807, 2.05) is 30.3 Å². The highest BCUT2D eigenvalue weighted by Crippen LogP contribution is 2.37. The molecule has 152 valence electrons. The monoisotopic (exact) mass is 414 g/mol. The lowest BCUT2D eigenvalue weighted by Gasteiger charge is -2.13. The van der Waals surface area contributed by atoms with E-state index in [2.05, 4.69) is 10.5 Å². The molecule has 1 amide bonds. The Kier molecular flexibility index (Phi) is 6.69. The number of methoxy groups -OCH3 is 4. The predicted molar refractivity (Wildman–Crippen MR) is 113 cm³/mol. The number of rotatable bonds is 8. The molecule has 29 heavy (non-hydrogen) atoms. The number of hydrazone groups is 1. The summed E-state index contributed by atoms with van der Waals surface area (Å²) in [6.45, 7) is 0. The number of benzene rings is 2. The molecule has 1 atom stereocenters. The van der Waals surface area contributed by atoms with Gasteiger partial charge in [-0.05, 0) is 29.7 Å². The number of fused-ring (bicyclic) bond motifs is 1. The van der Waals surface area contributed by atoms with Crippen LogP contribution in [0, 0.1) is 0 Å². The van der Waals surface area contributed by atoms with Gasteiger partial charge in [-0.15, -0.1) is 11.3 Å². The van der Waals surface area contributed by atoms with Crippen molar-refractivity contribution in [3.63, 3.8) is 0 Å². The van der Waals surface area contributed by atoms with E-state index < -0.39 is 6.10 Å². The van der Waals surface area contributed by atoms with Gasteiger partial charge in [0.15, 0.2) is 17.6 Å². The van der Waals surface area contributed by atoms with Crippen molar-refractivity contribution in [2.75, 3.05) is 28.4 Å². The van der Waals surface area contributed by atoms with Crippen LogP contribution >= 0.6 is 11.3 Å². The zero-order valence-electron chi connectivity index (χ0n) is 16.6. The number of nitrogens with zero attached hydrogens (tertiary/aromatic N) is 1. The number of carbonyl (C=O) groups excluding carboxylic acids is 1. The molecule has 0 aliphatic heterocycles. The fourth-order valence-corrected chi connectivity index (χ4v) is 4.03. The van der Waals surface area contributed by atoms with Gasteiger partial charge in [0.1, 0.15) is 0 Å². The largest absolute Gasteiger partial charge is 0.493 e. The zero-order valence-corrected chi connectivity index (χ0v) is 17.4. The molecular weight excluding hydrogens is 392 g/mol. The molecule has 0 saturated heterocycles. The number of hydrogen-bond acceptors (Lipinski definition) is 7. The number of ether oxygens (including phenoxy) is 4. The number of nitrogens with one attached hydrogen (secondary N) is 1. The van der Waals surface area contributed by atoms with E-state index in [1.54, 1.807) is 12.1 Å². The second kappa shape index (κ2) is 9.40. The highest BCUT2D eigenvalue weighted by Gasteiger charge is 2.22. The second-order valence-electron chi connectivity index (χ2n) is 6.00. The summed E-state index contributed by atoms with van der Waals surface area (Å²) in [6, 6.07) is 13.4. The van der Waals surface area contributed by atoms with Crippen LogP contribution in [0.4, 0.5) is 0 Å². The third-order valence-electron chi connectivity index (χ3n) is 4.25. The quantitative estimate of drug-likeness (QED) is 0.448. The summed E-state index contributed by atoms with van der Waals surface area (Å²) >= 11 is 1.52. The lowest BCUT2D eigenvalue weighted by molar-refractivity contribution is -0.131. The molecular formula is C21H22N2O5S. The molecule has 0 spiro atoms. The van der Waals surface area contributed by atoms with Gasteiger partial charge in [0.05, 0.1) is 27.5 Å². The third kappa shape index (κ3) is 4.49. The van der Waals surface area contributed by atoms with Gasteiger partial charge < -0.3 is 18.9 Å². The number of amides is 1. The summed E-state index contributed by atoms with van der Waals surface area (Å²) in [5.41, 5.74) is 3.20. The van der Waals surface area contributed by atoms with Crippen molar-refractivity contribution in [2.45, 2.75) is 6.10 Å². The molecule has 0 radical (unpaired) electrons. The molecule has 0 aliphatic carbocycles. The predicted octanol–water partition coefficient (Wildman–Crippen LogP) is 3.76. The van der Waals surface area contributed by atoms with Crippen LogP contribution in [0.15, 0.2) is 47.6 Å². The minimum Gasteiger partial charge on any atom is -0.493 e. The summed E-state index contributed by atoms with van der Waals surface area (Å²) < 4.78 is 22.4. The Labute approximate surface area is 172 Å². The van der Waals surface area contributed by atoms with Crippen molar-refractivity contribution >= 4 is 33.5 Å². The molecule has 3 rings (SSSR count). The van der Waals surface area contributed by atoms with E-state index in [-0.39, 0.29) is 5.91 Å². The molecule has 2 aromatic carbocycles. The fraction of sp³-hybridized carbons (Fsp3) is 0.238. The maximum atomic E-state index is 12.6. The molecule has 0 aliphatic rings. The molecule has 7 nitrogen and oxygen atoms in total. The molecule has 1 aromatic heterocycles. The first kappa shape index (κ1) is 20.6. The minimum atomic E-state index is -0.746. The van der Waals surface area contributed by atoms with Crippen LogP contribution in [-0.4, -0.2) is 40.6 Å². The molecule has 8 heteroatoms. The Morgan fingerprint density at radius 2 is 1.72 bits per heavy atom. The van der Waals surface area contributed by atoms with Crippen molar-refractivity contribution in [1.29, 1.82) is 0 Å². The van der Waals surface area contributed by atoms with Gasteiger partial charge >= 0.3 is 0 Å². The molecule has 1 N–H and O–H groups in total. The average molecular weight is 414 g/mol. The minimum absolute atomic E-state index is 0.359. The van der Waals surface area contributed by atoms with Crippen LogP contribution in [0.25, 0.3) is 10.1 Å². The molecule has 0 bridgehead atoms. The first-order chi connectivity index (χ1) is 14.1. The maximum absolute atomic E-state index is 12.6. The Morgan fingerprint density at radius 3 is 2.31 bits per heavy atom. The van der Waals surface area contributed by atoms with Crippen LogP contribution in [0.2, 0.25) is 0 Å². The number of carbonyl (C=O) groups is 1. The highest BCUT2D eigenvalue weighted by atomic mass is 32.1. The second-order valence-corrected chi connectivity index (χ2v) is 7.11. The van der Waals surface area contributed by atoms with Gasteiger partial charge in [0.25, 0.3) is 5.91 Å². The van der Waals surface area contributed by atoms with Crippen LogP contribution in [0.3, 0.4) is 0 Å². The molecule has 0 fully saturated rings. The molecule has 3 aromatic rings. The Bertz CT molecular complexity index is 973. The SMILES string of the molecule is COc1cc(/C=N/NC(=O)C(OC)c2cc3ccccc3s2)cc(OC)c1OC. The highest BCUT2D eigenvalue weighted by molar-refractivity contribution is 7.19. The lowest BCUT2D eigenvalue weighted by atomic mass is 10.2. The topological polar surface area (TPSA) is 78.4 Å². The molecule has 1 unspecified atom stereocenters.